The average Bonchev–Trinajstić information content (AvgIpc) is 3.43. The lowest BCUT2D eigenvalue weighted by molar-refractivity contribution is -0.136. The Balaban J connectivity index is 1.09. The molecule has 4 aliphatic heterocycles. The number of hydrogen-bond donors (Lipinski definition) is 1. The number of nitrogens with zero attached hydrogens (tertiary/aromatic N) is 3. The van der Waals surface area contributed by atoms with Crippen molar-refractivity contribution in [3.05, 3.63) is 52.8 Å². The first-order valence-corrected chi connectivity index (χ1v) is 12.3. The third-order valence-corrected chi connectivity index (χ3v) is 7.33. The van der Waals surface area contributed by atoms with Crippen LogP contribution in [-0.4, -0.2) is 64.3 Å². The van der Waals surface area contributed by atoms with Gasteiger partial charge in [-0.05, 0) is 55.5 Å². The van der Waals surface area contributed by atoms with Crippen molar-refractivity contribution in [3.8, 4) is 11.5 Å². The molecule has 1 unspecified atom stereocenters. The zero-order chi connectivity index (χ0) is 23.9. The highest BCUT2D eigenvalue weighted by atomic mass is 16.5. The minimum absolute atomic E-state index is 0.0622. The zero-order valence-corrected chi connectivity index (χ0v) is 19.5. The van der Waals surface area contributed by atoms with Gasteiger partial charge in [-0.2, -0.15) is 0 Å². The smallest absolute Gasteiger partial charge is 0.255 e. The minimum Gasteiger partial charge on any atom is -0.493 e. The van der Waals surface area contributed by atoms with Gasteiger partial charge in [0.05, 0.1) is 12.3 Å². The number of rotatable bonds is 5. The number of hydrogen-bond acceptors (Lipinski definition) is 7. The fourth-order valence-corrected chi connectivity index (χ4v) is 5.55. The van der Waals surface area contributed by atoms with Crippen LogP contribution in [0.2, 0.25) is 0 Å². The van der Waals surface area contributed by atoms with E-state index in [0.29, 0.717) is 18.5 Å². The van der Waals surface area contributed by atoms with Crippen LogP contribution in [0.4, 0.5) is 0 Å². The van der Waals surface area contributed by atoms with Crippen LogP contribution in [0.25, 0.3) is 0 Å². The van der Waals surface area contributed by atoms with Crippen molar-refractivity contribution in [3.63, 3.8) is 0 Å². The van der Waals surface area contributed by atoms with Crippen LogP contribution >= 0.6 is 0 Å². The predicted molar refractivity (Wildman–Crippen MR) is 125 cm³/mol. The fraction of sp³-hybridized carbons (Fsp3) is 0.462. The standard InChI is InChI=1S/C26H28N4O5/c31-24-6-5-22(25(32)28-24)30-13-16-12-17(3-4-19(16)26(30)33)35-18-8-10-29(14-18)15-21-20-2-1-11-34-23(20)7-9-27-21/h3-4,7,9,12,18,22H,1-2,5-6,8,10-11,13-15H2,(H,28,31,32)/t18-,22?/m0/s1. The summed E-state index contributed by atoms with van der Waals surface area (Å²) < 4.78 is 12.1. The van der Waals surface area contributed by atoms with E-state index in [1.807, 2.05) is 24.4 Å². The minimum atomic E-state index is -0.608. The van der Waals surface area contributed by atoms with Crippen LogP contribution in [0.15, 0.2) is 30.5 Å². The molecule has 4 aliphatic rings. The summed E-state index contributed by atoms with van der Waals surface area (Å²) in [5.41, 5.74) is 3.77. The maximum atomic E-state index is 12.9. The number of likely N-dealkylation sites (tertiary alicyclic amines) is 1. The molecule has 2 saturated heterocycles. The van der Waals surface area contributed by atoms with Crippen molar-refractivity contribution < 1.29 is 23.9 Å². The third-order valence-electron chi connectivity index (χ3n) is 7.33. The Labute approximate surface area is 203 Å². The van der Waals surface area contributed by atoms with Crippen molar-refractivity contribution in [1.29, 1.82) is 0 Å². The molecule has 0 aliphatic carbocycles. The summed E-state index contributed by atoms with van der Waals surface area (Å²) in [6.07, 6.45) is 5.45. The van der Waals surface area contributed by atoms with Gasteiger partial charge in [0, 0.05) is 49.9 Å². The molecule has 5 heterocycles. The Morgan fingerprint density at radius 1 is 1.14 bits per heavy atom. The fourth-order valence-electron chi connectivity index (χ4n) is 5.55. The lowest BCUT2D eigenvalue weighted by atomic mass is 10.0. The van der Waals surface area contributed by atoms with Crippen molar-refractivity contribution in [2.45, 2.75) is 57.3 Å². The van der Waals surface area contributed by atoms with Gasteiger partial charge in [-0.1, -0.05) is 0 Å². The number of carbonyl (C=O) groups is 3. The summed E-state index contributed by atoms with van der Waals surface area (Å²) in [5, 5.41) is 2.34. The Morgan fingerprint density at radius 2 is 2.06 bits per heavy atom. The topological polar surface area (TPSA) is 101 Å². The summed E-state index contributed by atoms with van der Waals surface area (Å²) in [6.45, 7) is 3.65. The van der Waals surface area contributed by atoms with Crippen molar-refractivity contribution in [2.75, 3.05) is 19.7 Å². The largest absolute Gasteiger partial charge is 0.493 e. The van der Waals surface area contributed by atoms with E-state index in [9.17, 15) is 14.4 Å². The van der Waals surface area contributed by atoms with Crippen LogP contribution in [0.5, 0.6) is 11.5 Å². The summed E-state index contributed by atoms with van der Waals surface area (Å²) in [6, 6.07) is 6.87. The molecule has 6 rings (SSSR count). The summed E-state index contributed by atoms with van der Waals surface area (Å²) in [5.74, 6) is 0.846. The monoisotopic (exact) mass is 476 g/mol. The second-order valence-electron chi connectivity index (χ2n) is 9.67. The van der Waals surface area contributed by atoms with Gasteiger partial charge >= 0.3 is 0 Å². The second-order valence-corrected chi connectivity index (χ2v) is 9.67. The van der Waals surface area contributed by atoms with E-state index < -0.39 is 11.9 Å². The van der Waals surface area contributed by atoms with E-state index in [2.05, 4.69) is 15.2 Å². The number of carbonyl (C=O) groups excluding carboxylic acids is 3. The number of pyridine rings is 1. The van der Waals surface area contributed by atoms with Gasteiger partial charge in [-0.15, -0.1) is 0 Å². The quantitative estimate of drug-likeness (QED) is 0.657. The molecular weight excluding hydrogens is 448 g/mol. The Morgan fingerprint density at radius 3 is 2.94 bits per heavy atom. The van der Waals surface area contributed by atoms with E-state index in [-0.39, 0.29) is 24.3 Å². The highest BCUT2D eigenvalue weighted by molar-refractivity contribution is 6.05. The predicted octanol–water partition coefficient (Wildman–Crippen LogP) is 1.82. The molecule has 1 N–H and O–H groups in total. The van der Waals surface area contributed by atoms with Gasteiger partial charge in [-0.25, -0.2) is 0 Å². The number of ether oxygens (including phenoxy) is 2. The molecule has 2 atom stereocenters. The van der Waals surface area contributed by atoms with Crippen molar-refractivity contribution in [2.24, 2.45) is 0 Å². The van der Waals surface area contributed by atoms with E-state index in [1.54, 1.807) is 11.0 Å². The first kappa shape index (κ1) is 22.0. The van der Waals surface area contributed by atoms with Gasteiger partial charge < -0.3 is 14.4 Å². The first-order chi connectivity index (χ1) is 17.0. The summed E-state index contributed by atoms with van der Waals surface area (Å²) >= 11 is 0. The third kappa shape index (κ3) is 4.25. The number of aromatic nitrogens is 1. The van der Waals surface area contributed by atoms with E-state index in [0.717, 1.165) is 68.3 Å². The van der Waals surface area contributed by atoms with Crippen LogP contribution in [0.1, 0.15) is 52.9 Å². The number of imide groups is 1. The molecule has 0 saturated carbocycles. The van der Waals surface area contributed by atoms with Crippen molar-refractivity contribution in [1.82, 2.24) is 20.1 Å². The van der Waals surface area contributed by atoms with Gasteiger partial charge in [0.2, 0.25) is 11.8 Å². The Kier molecular flexibility index (Phi) is 5.64. The SMILES string of the molecule is O=C1CCC(N2Cc3cc(O[C@H]4CCN(Cc5nccc6c5CCCO6)C4)ccc3C2=O)C(=O)N1. The van der Waals surface area contributed by atoms with Gasteiger partial charge in [0.15, 0.2) is 0 Å². The molecule has 1 aromatic heterocycles. The second kappa shape index (κ2) is 8.96. The molecule has 1 aromatic carbocycles. The molecule has 9 heteroatoms. The van der Waals surface area contributed by atoms with Crippen molar-refractivity contribution >= 4 is 17.7 Å². The van der Waals surface area contributed by atoms with E-state index >= 15 is 0 Å². The number of piperidine rings is 1. The molecule has 9 nitrogen and oxygen atoms in total. The van der Waals surface area contributed by atoms with E-state index in [1.165, 1.54) is 5.56 Å². The molecule has 2 aromatic rings. The number of fused-ring (bicyclic) bond motifs is 2. The lowest BCUT2D eigenvalue weighted by Gasteiger charge is -2.29. The Hall–Kier alpha value is -3.46. The average molecular weight is 477 g/mol. The molecule has 2 fully saturated rings. The van der Waals surface area contributed by atoms with Crippen LogP contribution in [-0.2, 0) is 29.1 Å². The molecule has 35 heavy (non-hydrogen) atoms. The molecule has 0 spiro atoms. The zero-order valence-electron chi connectivity index (χ0n) is 19.5. The van der Waals surface area contributed by atoms with E-state index in [4.69, 9.17) is 9.47 Å². The number of benzene rings is 1. The highest BCUT2D eigenvalue weighted by Gasteiger charge is 2.39. The first-order valence-electron chi connectivity index (χ1n) is 12.3. The Bertz CT molecular complexity index is 1200. The lowest BCUT2D eigenvalue weighted by Crippen LogP contribution is -2.52. The van der Waals surface area contributed by atoms with Gasteiger partial charge in [0.25, 0.3) is 5.91 Å². The van der Waals surface area contributed by atoms with Crippen LogP contribution in [0, 0.1) is 0 Å². The van der Waals surface area contributed by atoms with Gasteiger partial charge in [-0.3, -0.25) is 29.6 Å². The highest BCUT2D eigenvalue weighted by Crippen LogP contribution is 2.32. The normalized spacial score (nSPS) is 24.1. The maximum absolute atomic E-state index is 12.9. The summed E-state index contributed by atoms with van der Waals surface area (Å²) in [4.78, 5) is 45.2. The maximum Gasteiger partial charge on any atom is 0.255 e. The molecule has 3 amide bonds. The van der Waals surface area contributed by atoms with Crippen LogP contribution < -0.4 is 14.8 Å². The molecule has 182 valence electrons. The number of amides is 3. The van der Waals surface area contributed by atoms with Gasteiger partial charge in [0.1, 0.15) is 23.6 Å². The number of nitrogens with one attached hydrogen (secondary N) is 1. The molecule has 0 radical (unpaired) electrons. The van der Waals surface area contributed by atoms with Crippen LogP contribution in [0.3, 0.4) is 0 Å². The summed E-state index contributed by atoms with van der Waals surface area (Å²) in [7, 11) is 0. The molecule has 0 bridgehead atoms. The molecular formula is C26H28N4O5.